The summed E-state index contributed by atoms with van der Waals surface area (Å²) in [4.78, 5) is 14.5. The highest BCUT2D eigenvalue weighted by atomic mass is 16.5. The van der Waals surface area contributed by atoms with Crippen LogP contribution >= 0.6 is 0 Å². The molecule has 2 unspecified atom stereocenters. The van der Waals surface area contributed by atoms with Crippen LogP contribution in [0.1, 0.15) is 25.1 Å². The van der Waals surface area contributed by atoms with E-state index in [4.69, 9.17) is 4.74 Å². The summed E-state index contributed by atoms with van der Waals surface area (Å²) in [6.07, 6.45) is 3.10. The quantitative estimate of drug-likeness (QED) is 0.776. The monoisotopic (exact) mass is 301 g/mol. The van der Waals surface area contributed by atoms with Crippen molar-refractivity contribution in [2.45, 2.75) is 26.2 Å². The largest absolute Gasteiger partial charge is 0.469 e. The topological polar surface area (TPSA) is 72.6 Å². The summed E-state index contributed by atoms with van der Waals surface area (Å²) in [5.74, 6) is 1.92. The van der Waals surface area contributed by atoms with Gasteiger partial charge in [0.15, 0.2) is 11.5 Å². The van der Waals surface area contributed by atoms with E-state index >= 15 is 0 Å². The first-order valence-electron chi connectivity index (χ1n) is 7.66. The van der Waals surface area contributed by atoms with Gasteiger partial charge in [0, 0.05) is 13.1 Å². The third-order valence-corrected chi connectivity index (χ3v) is 5.19. The van der Waals surface area contributed by atoms with Crippen LogP contribution in [0, 0.1) is 18.3 Å². The molecule has 22 heavy (non-hydrogen) atoms. The van der Waals surface area contributed by atoms with Crippen molar-refractivity contribution in [3.05, 3.63) is 18.0 Å². The zero-order chi connectivity index (χ0) is 15.3. The minimum absolute atomic E-state index is 0.0703. The summed E-state index contributed by atoms with van der Waals surface area (Å²) in [6.45, 7) is 3.42. The molecule has 7 nitrogen and oxygen atoms in total. The number of hydrogen-bond donors (Lipinski definition) is 0. The van der Waals surface area contributed by atoms with E-state index in [1.807, 2.05) is 19.1 Å². The molecule has 3 heterocycles. The molecule has 1 saturated carbocycles. The van der Waals surface area contributed by atoms with Crippen LogP contribution in [-0.4, -0.2) is 46.0 Å². The number of hydrogen-bond acceptors (Lipinski definition) is 6. The van der Waals surface area contributed by atoms with Crippen molar-refractivity contribution in [1.29, 1.82) is 0 Å². The van der Waals surface area contributed by atoms with Crippen LogP contribution in [0.3, 0.4) is 0 Å². The Morgan fingerprint density at radius 3 is 3.09 bits per heavy atom. The Morgan fingerprint density at radius 2 is 2.27 bits per heavy atom. The maximum atomic E-state index is 12.3. The smallest absolute Gasteiger partial charge is 0.313 e. The lowest BCUT2D eigenvalue weighted by molar-refractivity contribution is -0.152. The maximum absolute atomic E-state index is 12.3. The second-order valence-electron chi connectivity index (χ2n) is 6.33. The van der Waals surface area contributed by atoms with Gasteiger partial charge < -0.3 is 9.64 Å². The highest BCUT2D eigenvalue weighted by Gasteiger charge is 2.55. The molecule has 4 rings (SSSR count). The number of anilines is 1. The Bertz CT molecular complexity index is 743. The molecular weight excluding hydrogens is 282 g/mol. The van der Waals surface area contributed by atoms with Crippen molar-refractivity contribution in [3.63, 3.8) is 0 Å². The van der Waals surface area contributed by atoms with Gasteiger partial charge in [0.1, 0.15) is 5.82 Å². The van der Waals surface area contributed by atoms with E-state index in [2.05, 4.69) is 20.2 Å². The second-order valence-corrected chi connectivity index (χ2v) is 6.33. The van der Waals surface area contributed by atoms with E-state index in [0.717, 1.165) is 43.1 Å². The standard InChI is InChI=1S/C15H19N5O2/c1-10-16-17-12-5-6-13(18-20(10)12)19-8-11-4-3-7-15(11,9-19)14(21)22-2/h5-6,11H,3-4,7-9H2,1-2H3. The van der Waals surface area contributed by atoms with E-state index < -0.39 is 0 Å². The van der Waals surface area contributed by atoms with Crippen LogP contribution in [0.4, 0.5) is 5.82 Å². The molecule has 2 aromatic rings. The van der Waals surface area contributed by atoms with Crippen LogP contribution in [0.2, 0.25) is 0 Å². The first kappa shape index (κ1) is 13.5. The fraction of sp³-hybridized carbons (Fsp3) is 0.600. The zero-order valence-electron chi connectivity index (χ0n) is 12.8. The van der Waals surface area contributed by atoms with E-state index in [1.54, 1.807) is 4.52 Å². The lowest BCUT2D eigenvalue weighted by Crippen LogP contribution is -2.37. The molecule has 0 aromatic carbocycles. The third-order valence-electron chi connectivity index (χ3n) is 5.19. The number of rotatable bonds is 2. The number of aromatic nitrogens is 4. The van der Waals surface area contributed by atoms with Gasteiger partial charge in [-0.1, -0.05) is 6.42 Å². The summed E-state index contributed by atoms with van der Waals surface area (Å²) in [5, 5.41) is 12.7. The highest BCUT2D eigenvalue weighted by Crippen LogP contribution is 2.50. The fourth-order valence-corrected chi connectivity index (χ4v) is 4.06. The molecule has 1 aliphatic carbocycles. The molecule has 2 fully saturated rings. The van der Waals surface area contributed by atoms with Gasteiger partial charge in [-0.05, 0) is 37.8 Å². The normalized spacial score (nSPS) is 27.4. The average Bonchev–Trinajstić information content (AvgIpc) is 3.19. The minimum atomic E-state index is -0.354. The summed E-state index contributed by atoms with van der Waals surface area (Å²) in [6, 6.07) is 3.87. The first-order valence-corrected chi connectivity index (χ1v) is 7.66. The number of carbonyl (C=O) groups excluding carboxylic acids is 1. The van der Waals surface area contributed by atoms with Crippen LogP contribution in [0.15, 0.2) is 12.1 Å². The Labute approximate surface area is 128 Å². The van der Waals surface area contributed by atoms with Gasteiger partial charge in [0.05, 0.1) is 12.5 Å². The third kappa shape index (κ3) is 1.74. The molecule has 0 bridgehead atoms. The Kier molecular flexibility index (Phi) is 2.85. The Morgan fingerprint density at radius 1 is 1.41 bits per heavy atom. The molecule has 116 valence electrons. The van der Waals surface area contributed by atoms with Crippen molar-refractivity contribution < 1.29 is 9.53 Å². The molecular formula is C15H19N5O2. The Hall–Kier alpha value is -2.18. The van der Waals surface area contributed by atoms with E-state index in [-0.39, 0.29) is 11.4 Å². The molecule has 0 radical (unpaired) electrons. The van der Waals surface area contributed by atoms with Crippen molar-refractivity contribution in [3.8, 4) is 0 Å². The van der Waals surface area contributed by atoms with E-state index in [0.29, 0.717) is 12.5 Å². The van der Waals surface area contributed by atoms with Gasteiger partial charge >= 0.3 is 5.97 Å². The lowest BCUT2D eigenvalue weighted by atomic mass is 9.81. The highest BCUT2D eigenvalue weighted by molar-refractivity contribution is 5.79. The van der Waals surface area contributed by atoms with Crippen LogP contribution in [0.25, 0.3) is 5.65 Å². The second kappa shape index (κ2) is 4.66. The van der Waals surface area contributed by atoms with Gasteiger partial charge in [-0.2, -0.15) is 4.52 Å². The number of aryl methyl sites for hydroxylation is 1. The fourth-order valence-electron chi connectivity index (χ4n) is 4.06. The number of ether oxygens (including phenoxy) is 1. The molecule has 1 aliphatic heterocycles. The molecule has 2 aliphatic rings. The summed E-state index contributed by atoms with van der Waals surface area (Å²) in [7, 11) is 1.49. The van der Waals surface area contributed by atoms with Gasteiger partial charge in [0.25, 0.3) is 0 Å². The maximum Gasteiger partial charge on any atom is 0.313 e. The van der Waals surface area contributed by atoms with Crippen molar-refractivity contribution in [1.82, 2.24) is 19.8 Å². The molecule has 0 N–H and O–H groups in total. The number of methoxy groups -OCH3 is 1. The van der Waals surface area contributed by atoms with Gasteiger partial charge in [-0.25, -0.2) is 0 Å². The predicted octanol–water partition coefficient (Wildman–Crippen LogP) is 1.21. The molecule has 1 saturated heterocycles. The van der Waals surface area contributed by atoms with E-state index in [9.17, 15) is 4.79 Å². The molecule has 7 heteroatoms. The lowest BCUT2D eigenvalue weighted by Gasteiger charge is -2.25. The minimum Gasteiger partial charge on any atom is -0.469 e. The molecule has 2 aromatic heterocycles. The van der Waals surface area contributed by atoms with Crippen molar-refractivity contribution >= 4 is 17.4 Å². The average molecular weight is 301 g/mol. The molecule has 0 spiro atoms. The summed E-state index contributed by atoms with van der Waals surface area (Å²) >= 11 is 0. The van der Waals surface area contributed by atoms with Crippen LogP contribution in [0.5, 0.6) is 0 Å². The van der Waals surface area contributed by atoms with Crippen molar-refractivity contribution in [2.24, 2.45) is 11.3 Å². The summed E-state index contributed by atoms with van der Waals surface area (Å²) in [5.41, 5.74) is 0.386. The number of fused-ring (bicyclic) bond motifs is 2. The van der Waals surface area contributed by atoms with Gasteiger partial charge in [0.2, 0.25) is 0 Å². The van der Waals surface area contributed by atoms with Gasteiger partial charge in [-0.3, -0.25) is 4.79 Å². The molecule has 0 amide bonds. The number of carbonyl (C=O) groups is 1. The Balaban J connectivity index is 1.69. The number of esters is 1. The van der Waals surface area contributed by atoms with E-state index in [1.165, 1.54) is 7.11 Å². The first-order chi connectivity index (χ1) is 10.6. The van der Waals surface area contributed by atoms with Crippen LogP contribution < -0.4 is 4.90 Å². The predicted molar refractivity (Wildman–Crippen MR) is 79.5 cm³/mol. The summed E-state index contributed by atoms with van der Waals surface area (Å²) < 4.78 is 6.83. The zero-order valence-corrected chi connectivity index (χ0v) is 12.8. The van der Waals surface area contributed by atoms with Crippen molar-refractivity contribution in [2.75, 3.05) is 25.1 Å². The van der Waals surface area contributed by atoms with Gasteiger partial charge in [-0.15, -0.1) is 15.3 Å². The number of nitrogens with zero attached hydrogens (tertiary/aromatic N) is 5. The SMILES string of the molecule is COC(=O)C12CCCC1CN(c1ccc3nnc(C)n3n1)C2. The van der Waals surface area contributed by atoms with Crippen LogP contribution in [-0.2, 0) is 9.53 Å². The molecule has 2 atom stereocenters.